The van der Waals surface area contributed by atoms with E-state index in [4.69, 9.17) is 4.74 Å². The molecule has 0 fully saturated rings. The third-order valence-electron chi connectivity index (χ3n) is 2.23. The van der Waals surface area contributed by atoms with E-state index in [1.54, 1.807) is 19.1 Å². The number of likely N-dealkylation sites (N-methyl/N-ethyl adjacent to an activating group) is 1. The Hall–Kier alpha value is -2.42. The second-order valence-electron chi connectivity index (χ2n) is 3.90. The summed E-state index contributed by atoms with van der Waals surface area (Å²) in [6.45, 7) is 1.38. The van der Waals surface area contributed by atoms with Crippen LogP contribution in [-0.4, -0.2) is 37.1 Å². The maximum absolute atomic E-state index is 11.3. The van der Waals surface area contributed by atoms with Crippen molar-refractivity contribution in [2.45, 2.75) is 6.92 Å². The number of benzene rings is 1. The van der Waals surface area contributed by atoms with Crippen molar-refractivity contribution in [2.24, 2.45) is 5.10 Å². The van der Waals surface area contributed by atoms with Crippen molar-refractivity contribution in [3.63, 3.8) is 0 Å². The van der Waals surface area contributed by atoms with E-state index in [9.17, 15) is 19.5 Å². The zero-order chi connectivity index (χ0) is 16.5. The Morgan fingerprint density at radius 1 is 1.36 bits per heavy atom. The van der Waals surface area contributed by atoms with E-state index in [0.29, 0.717) is 16.6 Å². The highest BCUT2D eigenvalue weighted by atomic mass is 79.9. The molecule has 0 atom stereocenters. The fourth-order valence-corrected chi connectivity index (χ4v) is 1.72. The molecule has 0 heterocycles. The molecule has 0 aliphatic rings. The first-order valence-electron chi connectivity index (χ1n) is 6.17. The van der Waals surface area contributed by atoms with Gasteiger partial charge in [0.1, 0.15) is 12.4 Å². The third kappa shape index (κ3) is 5.92. The van der Waals surface area contributed by atoms with E-state index in [-0.39, 0.29) is 5.75 Å². The van der Waals surface area contributed by atoms with Crippen LogP contribution in [0, 0.1) is 0 Å². The van der Waals surface area contributed by atoms with E-state index >= 15 is 0 Å². The minimum atomic E-state index is -1.37. The number of halogens is 1. The van der Waals surface area contributed by atoms with Crippen molar-refractivity contribution in [2.75, 3.05) is 13.2 Å². The van der Waals surface area contributed by atoms with Gasteiger partial charge in [-0.3, -0.25) is 9.59 Å². The van der Waals surface area contributed by atoms with Gasteiger partial charge in [0, 0.05) is 16.6 Å². The van der Waals surface area contributed by atoms with E-state index in [1.165, 1.54) is 12.3 Å². The highest BCUT2D eigenvalue weighted by Crippen LogP contribution is 2.21. The van der Waals surface area contributed by atoms with Crippen LogP contribution >= 0.6 is 15.9 Å². The smallest absolute Gasteiger partial charge is 0.329 e. The molecule has 0 spiro atoms. The van der Waals surface area contributed by atoms with Crippen molar-refractivity contribution in [1.29, 1.82) is 0 Å². The Kier molecular flexibility index (Phi) is 7.03. The molecule has 118 valence electrons. The Balaban J connectivity index is 2.76. The number of carboxylic acid groups (broad SMARTS) is 1. The zero-order valence-corrected chi connectivity index (χ0v) is 13.2. The molecule has 8 nitrogen and oxygen atoms in total. The van der Waals surface area contributed by atoms with Gasteiger partial charge in [-0.15, -0.1) is 0 Å². The van der Waals surface area contributed by atoms with Crippen LogP contribution in [0.25, 0.3) is 0 Å². The summed E-state index contributed by atoms with van der Waals surface area (Å²) in [6, 6.07) is 4.78. The monoisotopic (exact) mass is 370 g/mol. The number of carboxylic acids is 1. The van der Waals surface area contributed by atoms with Gasteiger partial charge >= 0.3 is 11.8 Å². The lowest BCUT2D eigenvalue weighted by atomic mass is 10.2. The number of hydrogen-bond donors (Lipinski definition) is 2. The van der Waals surface area contributed by atoms with Crippen LogP contribution in [0.1, 0.15) is 12.5 Å². The fraction of sp³-hybridized carbons (Fsp3) is 0.231. The second-order valence-corrected chi connectivity index (χ2v) is 4.82. The maximum atomic E-state index is 11.3. The van der Waals surface area contributed by atoms with Gasteiger partial charge in [0.15, 0.2) is 0 Å². The topological polar surface area (TPSA) is 120 Å². The average Bonchev–Trinajstić information content (AvgIpc) is 2.46. The zero-order valence-electron chi connectivity index (χ0n) is 11.6. The Morgan fingerprint density at radius 2 is 2.09 bits per heavy atom. The van der Waals surface area contributed by atoms with Crippen LogP contribution in [0.5, 0.6) is 5.75 Å². The Labute approximate surface area is 134 Å². The van der Waals surface area contributed by atoms with Gasteiger partial charge in [-0.1, -0.05) is 15.9 Å². The fourth-order valence-electron chi connectivity index (χ4n) is 1.34. The van der Waals surface area contributed by atoms with Crippen LogP contribution in [-0.2, 0) is 14.4 Å². The summed E-state index contributed by atoms with van der Waals surface area (Å²) < 4.78 is 5.73. The molecule has 0 radical (unpaired) electrons. The molecule has 1 aromatic carbocycles. The molecule has 1 rings (SSSR count). The molecule has 0 aliphatic heterocycles. The lowest BCUT2D eigenvalue weighted by Gasteiger charge is -2.09. The standard InChI is InChI=1S/C13H14BrN3O5/c1-2-15-12(20)13(21)17-16-6-8-5-9(14)3-4-10(8)22-7-11(18)19/h3-6H,2,7H2,1H3,(H,15,20)(H,17,21)(H,18,19)/p-1/b16-6-. The van der Waals surface area contributed by atoms with Gasteiger partial charge in [0.25, 0.3) is 0 Å². The number of amides is 2. The highest BCUT2D eigenvalue weighted by Gasteiger charge is 2.10. The van der Waals surface area contributed by atoms with Crippen molar-refractivity contribution >= 4 is 39.9 Å². The Morgan fingerprint density at radius 3 is 2.73 bits per heavy atom. The van der Waals surface area contributed by atoms with Gasteiger partial charge in [0.2, 0.25) is 0 Å². The number of nitrogens with one attached hydrogen (secondary N) is 2. The predicted octanol–water partition coefficient (Wildman–Crippen LogP) is -0.836. The second kappa shape index (κ2) is 8.78. The number of hydrogen-bond acceptors (Lipinski definition) is 6. The van der Waals surface area contributed by atoms with E-state index in [0.717, 1.165) is 0 Å². The third-order valence-corrected chi connectivity index (χ3v) is 2.72. The molecule has 0 aliphatic carbocycles. The number of nitrogens with zero attached hydrogens (tertiary/aromatic N) is 1. The lowest BCUT2D eigenvalue weighted by Crippen LogP contribution is -2.37. The van der Waals surface area contributed by atoms with Crippen molar-refractivity contribution in [3.8, 4) is 5.75 Å². The van der Waals surface area contributed by atoms with Crippen molar-refractivity contribution in [3.05, 3.63) is 28.2 Å². The molecular weight excluding hydrogens is 358 g/mol. The number of carbonyl (C=O) groups excluding carboxylic acids is 3. The molecule has 0 aromatic heterocycles. The van der Waals surface area contributed by atoms with E-state index < -0.39 is 24.4 Å². The van der Waals surface area contributed by atoms with Crippen LogP contribution in [0.4, 0.5) is 0 Å². The molecule has 2 amide bonds. The molecule has 9 heteroatoms. The summed E-state index contributed by atoms with van der Waals surface area (Å²) in [7, 11) is 0. The quantitative estimate of drug-likeness (QED) is 0.384. The summed E-state index contributed by atoms with van der Waals surface area (Å²) in [5, 5.41) is 16.4. The molecule has 0 bridgehead atoms. The Bertz CT molecular complexity index is 603. The molecule has 2 N–H and O–H groups in total. The summed E-state index contributed by atoms with van der Waals surface area (Å²) in [5.41, 5.74) is 2.46. The van der Waals surface area contributed by atoms with Crippen LogP contribution in [0.2, 0.25) is 0 Å². The minimum absolute atomic E-state index is 0.239. The molecule has 22 heavy (non-hydrogen) atoms. The normalized spacial score (nSPS) is 10.3. The number of ether oxygens (including phenoxy) is 1. The molecule has 1 aromatic rings. The SMILES string of the molecule is CCNC(=O)C(=O)N/N=C\c1cc(Br)ccc1OCC(=O)[O-]. The number of hydrazone groups is 1. The first-order chi connectivity index (χ1) is 10.4. The minimum Gasteiger partial charge on any atom is -0.546 e. The first-order valence-corrected chi connectivity index (χ1v) is 6.96. The number of aliphatic carboxylic acids is 1. The van der Waals surface area contributed by atoms with Gasteiger partial charge in [-0.05, 0) is 25.1 Å². The summed E-state index contributed by atoms with van der Waals surface area (Å²) in [6.07, 6.45) is 1.23. The summed E-state index contributed by atoms with van der Waals surface area (Å²) >= 11 is 3.24. The van der Waals surface area contributed by atoms with Gasteiger partial charge in [-0.25, -0.2) is 5.43 Å². The first kappa shape index (κ1) is 17.6. The van der Waals surface area contributed by atoms with Crippen LogP contribution < -0.4 is 20.6 Å². The molecular formula is C13H13BrN3O5-. The molecule has 0 saturated carbocycles. The maximum Gasteiger partial charge on any atom is 0.329 e. The predicted molar refractivity (Wildman–Crippen MR) is 79.1 cm³/mol. The average molecular weight is 371 g/mol. The van der Waals surface area contributed by atoms with Gasteiger partial charge in [-0.2, -0.15) is 5.10 Å². The van der Waals surface area contributed by atoms with E-state index in [1.807, 2.05) is 5.43 Å². The largest absolute Gasteiger partial charge is 0.546 e. The summed E-state index contributed by atoms with van der Waals surface area (Å²) in [4.78, 5) is 32.9. The van der Waals surface area contributed by atoms with Gasteiger partial charge in [0.05, 0.1) is 12.2 Å². The van der Waals surface area contributed by atoms with Crippen molar-refractivity contribution < 1.29 is 24.2 Å². The van der Waals surface area contributed by atoms with Crippen LogP contribution in [0.15, 0.2) is 27.8 Å². The van der Waals surface area contributed by atoms with Gasteiger partial charge < -0.3 is 20.0 Å². The molecule has 0 saturated heterocycles. The summed E-state index contributed by atoms with van der Waals surface area (Å²) in [5.74, 6) is -2.84. The van der Waals surface area contributed by atoms with Crippen molar-refractivity contribution in [1.82, 2.24) is 10.7 Å². The number of rotatable bonds is 6. The van der Waals surface area contributed by atoms with E-state index in [2.05, 4.69) is 26.3 Å². The van der Waals surface area contributed by atoms with Crippen LogP contribution in [0.3, 0.4) is 0 Å². The lowest BCUT2D eigenvalue weighted by molar-refractivity contribution is -0.307. The highest BCUT2D eigenvalue weighted by molar-refractivity contribution is 9.10. The molecule has 0 unspecified atom stereocenters. The number of carbonyl (C=O) groups is 3.